The topological polar surface area (TPSA) is 178 Å². The third kappa shape index (κ3) is 4.75. The van der Waals surface area contributed by atoms with Gasteiger partial charge in [-0.05, 0) is 48.9 Å². The van der Waals surface area contributed by atoms with E-state index in [-0.39, 0.29) is 12.4 Å². The molecule has 1 fully saturated rings. The fourth-order valence-electron chi connectivity index (χ4n) is 4.76. The molecule has 40 heavy (non-hydrogen) atoms. The van der Waals surface area contributed by atoms with Gasteiger partial charge in [-0.1, -0.05) is 35.2 Å². The summed E-state index contributed by atoms with van der Waals surface area (Å²) in [6.45, 7) is 1.53. The zero-order chi connectivity index (χ0) is 28.7. The molecule has 3 aromatic rings. The molecule has 0 radical (unpaired) electrons. The number of esters is 1. The van der Waals surface area contributed by atoms with Crippen molar-refractivity contribution in [3.05, 3.63) is 74.2 Å². The molecule has 0 spiro atoms. The number of nitrogens with zero attached hydrogens (tertiary/aromatic N) is 2. The molecule has 4 N–H and O–H groups in total. The monoisotopic (exact) mass is 582 g/mol. The molecule has 5 rings (SSSR count). The first-order chi connectivity index (χ1) is 19.1. The molecule has 2 aliphatic heterocycles. The molecular formula is C26H22N4O8S2. The largest absolute Gasteiger partial charge is 0.508 e. The number of amides is 5. The molecule has 206 valence electrons. The lowest BCUT2D eigenvalue weighted by atomic mass is 9.83. The van der Waals surface area contributed by atoms with E-state index < -0.39 is 58.2 Å². The van der Waals surface area contributed by atoms with E-state index in [1.54, 1.807) is 19.1 Å². The summed E-state index contributed by atoms with van der Waals surface area (Å²) in [4.78, 5) is 76.5. The second kappa shape index (κ2) is 10.6. The van der Waals surface area contributed by atoms with Crippen LogP contribution in [-0.4, -0.2) is 56.2 Å². The van der Waals surface area contributed by atoms with Crippen molar-refractivity contribution in [3.8, 4) is 5.75 Å². The number of aromatic hydroxyl groups is 1. The number of rotatable bonds is 6. The van der Waals surface area contributed by atoms with Crippen molar-refractivity contribution >= 4 is 58.5 Å². The Kier molecular flexibility index (Phi) is 7.21. The number of primary amides is 1. The van der Waals surface area contributed by atoms with Crippen LogP contribution in [0.2, 0.25) is 0 Å². The molecule has 2 aromatic carbocycles. The zero-order valence-corrected chi connectivity index (χ0v) is 22.5. The molecule has 5 amide bonds. The number of urea groups is 1. The number of hydrogen-bond acceptors (Lipinski definition) is 10. The predicted molar refractivity (Wildman–Crippen MR) is 144 cm³/mol. The average Bonchev–Trinajstić information content (AvgIpc) is 3.36. The molecule has 2 unspecified atom stereocenters. The maximum Gasteiger partial charge on any atom is 0.338 e. The minimum Gasteiger partial charge on any atom is -0.508 e. The number of benzene rings is 2. The smallest absolute Gasteiger partial charge is 0.338 e. The highest BCUT2D eigenvalue weighted by atomic mass is 32.2. The van der Waals surface area contributed by atoms with Crippen LogP contribution in [0.5, 0.6) is 5.75 Å². The van der Waals surface area contributed by atoms with Gasteiger partial charge in [-0.3, -0.25) is 23.7 Å². The summed E-state index contributed by atoms with van der Waals surface area (Å²) in [7, 11) is 0. The highest BCUT2D eigenvalue weighted by Gasteiger charge is 2.57. The van der Waals surface area contributed by atoms with E-state index in [4.69, 9.17) is 10.5 Å². The van der Waals surface area contributed by atoms with Crippen LogP contribution in [-0.2, 0) is 25.7 Å². The average molecular weight is 583 g/mol. The third-order valence-electron chi connectivity index (χ3n) is 6.50. The number of nitrogens with one attached hydrogen (secondary N) is 1. The quantitative estimate of drug-likeness (QED) is 0.290. The van der Waals surface area contributed by atoms with E-state index in [1.165, 1.54) is 41.0 Å². The van der Waals surface area contributed by atoms with Crippen molar-refractivity contribution in [3.63, 3.8) is 0 Å². The standard InChI is InChI=1S/C26H22N4O8S2/c1-2-38-24(35)13-3-7-14(8-4-13)28-16(32)11-29-23-20(40-26(29)37)17(12-5-9-15(31)10-6-12)18-19(39-23)22(34)30(21(18)33)25(27)36/h3-10,17-19,31H,2,11H2,1H3,(H2,27,36)(H,28,32)/t17-,18?,19?/m0/s1. The number of hydrogen-bond donors (Lipinski definition) is 3. The molecule has 3 atom stereocenters. The first-order valence-electron chi connectivity index (χ1n) is 12.0. The Morgan fingerprint density at radius 1 is 1.02 bits per heavy atom. The molecule has 3 heterocycles. The van der Waals surface area contributed by atoms with Crippen molar-refractivity contribution in [2.24, 2.45) is 11.7 Å². The Bertz CT molecular complexity index is 1600. The lowest BCUT2D eigenvalue weighted by Crippen LogP contribution is -2.41. The summed E-state index contributed by atoms with van der Waals surface area (Å²) >= 11 is 1.78. The molecule has 1 saturated heterocycles. The number of fused-ring (bicyclic) bond motifs is 2. The van der Waals surface area contributed by atoms with Crippen LogP contribution in [0.1, 0.15) is 33.6 Å². The molecule has 1 aromatic heterocycles. The maximum absolute atomic E-state index is 13.2. The minimum absolute atomic E-state index is 0.0176. The fourth-order valence-corrected chi connectivity index (χ4v) is 7.53. The Hall–Kier alpha value is -4.43. The van der Waals surface area contributed by atoms with Gasteiger partial charge in [0.05, 0.1) is 23.1 Å². The Labute approximate surface area is 234 Å². The van der Waals surface area contributed by atoms with Gasteiger partial charge in [0.1, 0.15) is 17.5 Å². The van der Waals surface area contributed by atoms with E-state index >= 15 is 0 Å². The number of phenolic OH excluding ortho intramolecular Hbond substituents is 1. The molecular weight excluding hydrogens is 560 g/mol. The molecule has 14 heteroatoms. The van der Waals surface area contributed by atoms with E-state index in [2.05, 4.69) is 5.32 Å². The summed E-state index contributed by atoms with van der Waals surface area (Å²) in [5.41, 5.74) is 6.57. The van der Waals surface area contributed by atoms with Gasteiger partial charge >= 0.3 is 16.9 Å². The van der Waals surface area contributed by atoms with Crippen LogP contribution >= 0.6 is 23.1 Å². The molecule has 2 aliphatic rings. The first kappa shape index (κ1) is 27.1. The third-order valence-corrected chi connectivity index (χ3v) is 9.11. The number of carbonyl (C=O) groups excluding carboxylic acids is 5. The summed E-state index contributed by atoms with van der Waals surface area (Å²) < 4.78 is 6.17. The van der Waals surface area contributed by atoms with Gasteiger partial charge in [0.2, 0.25) is 11.8 Å². The van der Waals surface area contributed by atoms with Crippen LogP contribution < -0.4 is 15.9 Å². The van der Waals surface area contributed by atoms with Gasteiger partial charge in [0, 0.05) is 16.5 Å². The summed E-state index contributed by atoms with van der Waals surface area (Å²) in [6.07, 6.45) is 0. The van der Waals surface area contributed by atoms with Crippen LogP contribution in [0.3, 0.4) is 0 Å². The van der Waals surface area contributed by atoms with Gasteiger partial charge < -0.3 is 20.9 Å². The first-order valence-corrected chi connectivity index (χ1v) is 13.7. The summed E-state index contributed by atoms with van der Waals surface area (Å²) in [6, 6.07) is 10.8. The normalized spacial score (nSPS) is 19.6. The van der Waals surface area contributed by atoms with E-state index in [0.717, 1.165) is 23.1 Å². The number of ether oxygens (including phenoxy) is 1. The molecule has 12 nitrogen and oxygen atoms in total. The van der Waals surface area contributed by atoms with Gasteiger partial charge in [0.15, 0.2) is 0 Å². The van der Waals surface area contributed by atoms with Crippen molar-refractivity contribution in [2.75, 3.05) is 11.9 Å². The van der Waals surface area contributed by atoms with Crippen LogP contribution in [0.15, 0.2) is 58.4 Å². The Morgan fingerprint density at radius 2 is 1.70 bits per heavy atom. The highest BCUT2D eigenvalue weighted by molar-refractivity contribution is 8.00. The lowest BCUT2D eigenvalue weighted by Gasteiger charge is -2.30. The number of likely N-dealkylation sites (tertiary alicyclic amines) is 1. The fraction of sp³-hybridized carbons (Fsp3) is 0.231. The van der Waals surface area contributed by atoms with Crippen LogP contribution in [0.4, 0.5) is 10.5 Å². The molecule has 0 aliphatic carbocycles. The van der Waals surface area contributed by atoms with Gasteiger partial charge in [-0.2, -0.15) is 4.90 Å². The second-order valence-corrected chi connectivity index (χ2v) is 11.1. The number of phenols is 1. The minimum atomic E-state index is -1.19. The highest BCUT2D eigenvalue weighted by Crippen LogP contribution is 2.53. The van der Waals surface area contributed by atoms with Crippen molar-refractivity contribution in [2.45, 2.75) is 29.7 Å². The van der Waals surface area contributed by atoms with Crippen molar-refractivity contribution < 1.29 is 33.8 Å². The Morgan fingerprint density at radius 3 is 2.33 bits per heavy atom. The summed E-state index contributed by atoms with van der Waals surface area (Å²) in [5.74, 6) is -4.42. The van der Waals surface area contributed by atoms with Gasteiger partial charge in [-0.25, -0.2) is 9.59 Å². The van der Waals surface area contributed by atoms with Gasteiger partial charge in [-0.15, -0.1) is 0 Å². The predicted octanol–water partition coefficient (Wildman–Crippen LogP) is 2.10. The number of nitrogens with two attached hydrogens (primary N) is 1. The van der Waals surface area contributed by atoms with Crippen molar-refractivity contribution in [1.82, 2.24) is 9.47 Å². The number of aromatic nitrogens is 1. The number of carbonyl (C=O) groups is 5. The zero-order valence-electron chi connectivity index (χ0n) is 20.9. The van der Waals surface area contributed by atoms with E-state index in [9.17, 15) is 33.9 Å². The van der Waals surface area contributed by atoms with Gasteiger partial charge in [0.25, 0.3) is 5.91 Å². The number of anilines is 1. The second-order valence-electron chi connectivity index (χ2n) is 8.95. The molecule has 0 saturated carbocycles. The number of thiazole rings is 1. The van der Waals surface area contributed by atoms with Crippen molar-refractivity contribution in [1.29, 1.82) is 0 Å². The van der Waals surface area contributed by atoms with E-state index in [0.29, 0.717) is 31.6 Å². The van der Waals surface area contributed by atoms with E-state index in [1.807, 2.05) is 0 Å². The maximum atomic E-state index is 13.2. The summed E-state index contributed by atoms with van der Waals surface area (Å²) in [5, 5.41) is 11.7. The lowest BCUT2D eigenvalue weighted by molar-refractivity contribution is -0.135. The number of thioether (sulfide) groups is 1. The van der Waals surface area contributed by atoms with Crippen LogP contribution in [0.25, 0.3) is 0 Å². The number of imide groups is 3. The van der Waals surface area contributed by atoms with Crippen LogP contribution in [0, 0.1) is 5.92 Å². The SMILES string of the molecule is CCOC(=O)c1ccc(NC(=O)Cn2c3c(sc2=O)[C@@H](c2ccc(O)cc2)C2C(=O)N(C(N)=O)C(=O)C2S3)cc1. The molecule has 0 bridgehead atoms. The Balaban J connectivity index is 1.47.